The van der Waals surface area contributed by atoms with Gasteiger partial charge in [-0.1, -0.05) is 13.8 Å². The number of nitrogens with one attached hydrogen (secondary N) is 2. The van der Waals surface area contributed by atoms with E-state index in [0.29, 0.717) is 0 Å². The molecule has 0 atom stereocenters. The lowest BCUT2D eigenvalue weighted by molar-refractivity contribution is 0.307. The fourth-order valence-electron chi connectivity index (χ4n) is 2.16. The van der Waals surface area contributed by atoms with Crippen LogP contribution in [0.15, 0.2) is 0 Å². The maximum atomic E-state index is 3.66. The third-order valence-electron chi connectivity index (χ3n) is 3.23. The maximum absolute atomic E-state index is 3.66. The summed E-state index contributed by atoms with van der Waals surface area (Å²) in [4.78, 5) is 0. The first-order chi connectivity index (χ1) is 6.83. The molecule has 1 aliphatic carbocycles. The van der Waals surface area contributed by atoms with Crippen LogP contribution in [0.3, 0.4) is 0 Å². The van der Waals surface area contributed by atoms with Gasteiger partial charge in [0.2, 0.25) is 0 Å². The van der Waals surface area contributed by atoms with Gasteiger partial charge in [-0.15, -0.1) is 0 Å². The molecule has 14 heavy (non-hydrogen) atoms. The van der Waals surface area contributed by atoms with E-state index < -0.39 is 0 Å². The van der Waals surface area contributed by atoms with Gasteiger partial charge >= 0.3 is 0 Å². The summed E-state index contributed by atoms with van der Waals surface area (Å²) < 4.78 is 0. The first-order valence-corrected chi connectivity index (χ1v) is 6.27. The monoisotopic (exact) mass is 198 g/mol. The highest BCUT2D eigenvalue weighted by Gasteiger charge is 2.16. The molecule has 0 aromatic heterocycles. The van der Waals surface area contributed by atoms with E-state index >= 15 is 0 Å². The smallest absolute Gasteiger partial charge is 0.00672 e. The average molecular weight is 198 g/mol. The Bertz CT molecular complexity index is 128. The van der Waals surface area contributed by atoms with Gasteiger partial charge in [-0.2, -0.15) is 0 Å². The molecule has 0 aromatic rings. The second-order valence-corrected chi connectivity index (χ2v) is 4.62. The van der Waals surface area contributed by atoms with Crippen LogP contribution in [0.1, 0.15) is 46.0 Å². The van der Waals surface area contributed by atoms with Crippen LogP contribution in [0.25, 0.3) is 0 Å². The lowest BCUT2D eigenvalue weighted by Crippen LogP contribution is -2.34. The molecule has 0 spiro atoms. The summed E-state index contributed by atoms with van der Waals surface area (Å²) in [7, 11) is 0. The van der Waals surface area contributed by atoms with Crippen LogP contribution in [-0.4, -0.2) is 25.7 Å². The molecule has 0 saturated heterocycles. The second kappa shape index (κ2) is 7.24. The molecule has 0 aliphatic heterocycles. The zero-order chi connectivity index (χ0) is 10.2. The second-order valence-electron chi connectivity index (χ2n) is 4.62. The quantitative estimate of drug-likeness (QED) is 0.639. The van der Waals surface area contributed by atoms with Crippen LogP contribution >= 0.6 is 0 Å². The van der Waals surface area contributed by atoms with Gasteiger partial charge in [0, 0.05) is 6.04 Å². The van der Waals surface area contributed by atoms with E-state index in [1.807, 2.05) is 0 Å². The van der Waals surface area contributed by atoms with Gasteiger partial charge < -0.3 is 10.6 Å². The molecule has 2 nitrogen and oxygen atoms in total. The molecule has 1 saturated carbocycles. The molecule has 1 fully saturated rings. The van der Waals surface area contributed by atoms with Crippen molar-refractivity contribution in [1.29, 1.82) is 0 Å². The van der Waals surface area contributed by atoms with E-state index in [0.717, 1.165) is 25.0 Å². The van der Waals surface area contributed by atoms with Gasteiger partial charge in [0.15, 0.2) is 0 Å². The van der Waals surface area contributed by atoms with Crippen molar-refractivity contribution in [2.24, 2.45) is 5.92 Å². The minimum absolute atomic E-state index is 0.813. The van der Waals surface area contributed by atoms with Crippen LogP contribution in [0.4, 0.5) is 0 Å². The van der Waals surface area contributed by atoms with Gasteiger partial charge in [0.05, 0.1) is 0 Å². The Morgan fingerprint density at radius 1 is 1.07 bits per heavy atom. The highest BCUT2D eigenvalue weighted by Crippen LogP contribution is 2.23. The first kappa shape index (κ1) is 12.0. The maximum Gasteiger partial charge on any atom is 0.00672 e. The molecule has 1 rings (SSSR count). The molecule has 84 valence electrons. The Labute approximate surface area is 88.8 Å². The number of hydrogen-bond donors (Lipinski definition) is 2. The molecule has 0 heterocycles. The summed E-state index contributed by atoms with van der Waals surface area (Å²) in [6.45, 7) is 7.98. The van der Waals surface area contributed by atoms with E-state index in [9.17, 15) is 0 Å². The van der Waals surface area contributed by atoms with Gasteiger partial charge in [-0.05, 0) is 57.7 Å². The molecular formula is C12H26N2. The number of hydrogen-bond acceptors (Lipinski definition) is 2. The topological polar surface area (TPSA) is 24.1 Å². The molecule has 0 amide bonds. The van der Waals surface area contributed by atoms with Crippen LogP contribution in [-0.2, 0) is 0 Å². The van der Waals surface area contributed by atoms with Crippen molar-refractivity contribution < 1.29 is 0 Å². The fourth-order valence-corrected chi connectivity index (χ4v) is 2.16. The van der Waals surface area contributed by atoms with Gasteiger partial charge in [-0.3, -0.25) is 0 Å². The Morgan fingerprint density at radius 3 is 2.43 bits per heavy atom. The predicted octanol–water partition coefficient (Wildman–Crippen LogP) is 2.15. The van der Waals surface area contributed by atoms with Crippen molar-refractivity contribution in [3.05, 3.63) is 0 Å². The normalized spacial score (nSPS) is 27.9. The lowest BCUT2D eigenvalue weighted by Gasteiger charge is -2.27. The molecule has 0 unspecified atom stereocenters. The highest BCUT2D eigenvalue weighted by atomic mass is 14.9. The zero-order valence-corrected chi connectivity index (χ0v) is 9.81. The van der Waals surface area contributed by atoms with Crippen LogP contribution in [0.2, 0.25) is 0 Å². The fraction of sp³-hybridized carbons (Fsp3) is 1.00. The summed E-state index contributed by atoms with van der Waals surface area (Å²) >= 11 is 0. The zero-order valence-electron chi connectivity index (χ0n) is 9.81. The van der Waals surface area contributed by atoms with Gasteiger partial charge in [-0.25, -0.2) is 0 Å². The summed E-state index contributed by atoms with van der Waals surface area (Å²) in [5.74, 6) is 0.967. The van der Waals surface area contributed by atoms with Crippen LogP contribution < -0.4 is 10.6 Å². The molecular weight excluding hydrogens is 172 g/mol. The lowest BCUT2D eigenvalue weighted by atomic mass is 9.87. The number of rotatable bonds is 6. The summed E-state index contributed by atoms with van der Waals surface area (Å²) in [5.41, 5.74) is 0. The minimum Gasteiger partial charge on any atom is -0.317 e. The molecule has 2 N–H and O–H groups in total. The Balaban J connectivity index is 1.91. The highest BCUT2D eigenvalue weighted by molar-refractivity contribution is 4.74. The Kier molecular flexibility index (Phi) is 6.20. The van der Waals surface area contributed by atoms with Crippen molar-refractivity contribution in [3.8, 4) is 0 Å². The SMILES string of the molecule is CCNCCCNC1CCC(C)CC1. The average Bonchev–Trinajstić information content (AvgIpc) is 2.21. The Morgan fingerprint density at radius 2 is 1.79 bits per heavy atom. The van der Waals surface area contributed by atoms with Crippen LogP contribution in [0.5, 0.6) is 0 Å². The molecule has 0 bridgehead atoms. The summed E-state index contributed by atoms with van der Waals surface area (Å²) in [6.07, 6.45) is 6.89. The van der Waals surface area contributed by atoms with E-state index in [4.69, 9.17) is 0 Å². The van der Waals surface area contributed by atoms with Crippen molar-refractivity contribution in [1.82, 2.24) is 10.6 Å². The minimum atomic E-state index is 0.813. The van der Waals surface area contributed by atoms with Gasteiger partial charge in [0.25, 0.3) is 0 Å². The molecule has 0 aromatic carbocycles. The first-order valence-electron chi connectivity index (χ1n) is 6.27. The standard InChI is InChI=1S/C12H26N2/c1-3-13-9-4-10-14-12-7-5-11(2)6-8-12/h11-14H,3-10H2,1-2H3. The molecule has 0 radical (unpaired) electrons. The summed E-state index contributed by atoms with van der Waals surface area (Å²) in [6, 6.07) is 0.813. The third kappa shape index (κ3) is 4.97. The van der Waals surface area contributed by atoms with E-state index in [2.05, 4.69) is 24.5 Å². The Hall–Kier alpha value is -0.0800. The largest absolute Gasteiger partial charge is 0.317 e. The van der Waals surface area contributed by atoms with Crippen molar-refractivity contribution in [2.75, 3.05) is 19.6 Å². The molecule has 2 heteroatoms. The van der Waals surface area contributed by atoms with E-state index in [1.54, 1.807) is 0 Å². The molecule has 1 aliphatic rings. The summed E-state index contributed by atoms with van der Waals surface area (Å²) in [5, 5.41) is 7.01. The predicted molar refractivity (Wildman–Crippen MR) is 62.6 cm³/mol. The third-order valence-corrected chi connectivity index (χ3v) is 3.23. The van der Waals surface area contributed by atoms with Crippen molar-refractivity contribution in [3.63, 3.8) is 0 Å². The van der Waals surface area contributed by atoms with Crippen molar-refractivity contribution >= 4 is 0 Å². The van der Waals surface area contributed by atoms with Crippen LogP contribution in [0, 0.1) is 5.92 Å². The van der Waals surface area contributed by atoms with E-state index in [1.165, 1.54) is 38.6 Å². The van der Waals surface area contributed by atoms with Crippen molar-refractivity contribution in [2.45, 2.75) is 52.0 Å². The van der Waals surface area contributed by atoms with E-state index in [-0.39, 0.29) is 0 Å². The van der Waals surface area contributed by atoms with Gasteiger partial charge in [0.1, 0.15) is 0 Å².